The van der Waals surface area contributed by atoms with Gasteiger partial charge in [0, 0.05) is 31.4 Å². The Morgan fingerprint density at radius 2 is 1.97 bits per heavy atom. The van der Waals surface area contributed by atoms with E-state index in [0.29, 0.717) is 17.7 Å². The van der Waals surface area contributed by atoms with Crippen molar-refractivity contribution in [1.82, 2.24) is 14.7 Å². The second kappa shape index (κ2) is 6.90. The summed E-state index contributed by atoms with van der Waals surface area (Å²) in [5.74, 6) is 1.77. The summed E-state index contributed by atoms with van der Waals surface area (Å²) in [4.78, 5) is 20.0. The number of fused-ring (bicyclic) bond motifs is 2. The number of carbonyl (C=O) groups excluding carboxylic acids is 1. The van der Waals surface area contributed by atoms with E-state index in [1.54, 1.807) is 0 Å². The maximum atomic E-state index is 12.9. The molecule has 2 aromatic rings. The van der Waals surface area contributed by atoms with Crippen LogP contribution in [0.15, 0.2) is 18.5 Å². The number of rotatable bonds is 5. The molecule has 32 heavy (non-hydrogen) atoms. The fourth-order valence-corrected chi connectivity index (χ4v) is 6.60. The smallest absolute Gasteiger partial charge is 0.230 e. The van der Waals surface area contributed by atoms with Crippen molar-refractivity contribution in [3.05, 3.63) is 29.7 Å². The summed E-state index contributed by atoms with van der Waals surface area (Å²) in [6.45, 7) is 13.3. The number of carbonyl (C=O) groups is 1. The molecule has 0 aromatic carbocycles. The van der Waals surface area contributed by atoms with E-state index in [-0.39, 0.29) is 23.1 Å². The number of pyridine rings is 1. The topological polar surface area (TPSA) is 58.9 Å². The first kappa shape index (κ1) is 20.9. The molecular formula is C25H36N4O2Si. The number of nitrogens with one attached hydrogen (secondary N) is 1. The lowest BCUT2D eigenvalue weighted by Crippen LogP contribution is -2.44. The van der Waals surface area contributed by atoms with Gasteiger partial charge in [-0.3, -0.25) is 4.79 Å². The van der Waals surface area contributed by atoms with Crippen molar-refractivity contribution < 1.29 is 9.22 Å². The predicted molar refractivity (Wildman–Crippen MR) is 129 cm³/mol. The molecule has 0 spiro atoms. The van der Waals surface area contributed by atoms with E-state index in [9.17, 15) is 4.79 Å². The van der Waals surface area contributed by atoms with Crippen LogP contribution < -0.4 is 10.2 Å². The lowest BCUT2D eigenvalue weighted by molar-refractivity contribution is -0.118. The summed E-state index contributed by atoms with van der Waals surface area (Å²) in [5, 5.41) is 3.87. The molecule has 0 radical (unpaired) electrons. The van der Waals surface area contributed by atoms with Gasteiger partial charge in [0.05, 0.1) is 23.5 Å². The van der Waals surface area contributed by atoms with E-state index in [4.69, 9.17) is 9.41 Å². The maximum Gasteiger partial charge on any atom is 0.230 e. The monoisotopic (exact) mass is 452 g/mol. The van der Waals surface area contributed by atoms with Crippen LogP contribution in [-0.2, 0) is 9.22 Å². The zero-order valence-electron chi connectivity index (χ0n) is 20.0. The molecular weight excluding hydrogens is 416 g/mol. The molecule has 6 rings (SSSR count). The number of imidazole rings is 1. The fourth-order valence-electron chi connectivity index (χ4n) is 5.23. The highest BCUT2D eigenvalue weighted by Gasteiger charge is 2.53. The molecule has 4 fully saturated rings. The summed E-state index contributed by atoms with van der Waals surface area (Å²) < 4.78 is 8.85. The first-order valence-electron chi connectivity index (χ1n) is 12.4. The summed E-state index contributed by atoms with van der Waals surface area (Å²) in [6, 6.07) is 2.45. The molecule has 2 saturated carbocycles. The Bertz CT molecular complexity index is 1080. The molecule has 172 valence electrons. The average Bonchev–Trinajstić information content (AvgIpc) is 3.58. The van der Waals surface area contributed by atoms with Crippen LogP contribution in [0.25, 0.3) is 5.65 Å². The highest BCUT2D eigenvalue weighted by Crippen LogP contribution is 2.49. The molecule has 0 bridgehead atoms. The highest BCUT2D eigenvalue weighted by atomic mass is 28.4. The van der Waals surface area contributed by atoms with Crippen LogP contribution in [-0.4, -0.2) is 42.8 Å². The van der Waals surface area contributed by atoms with Crippen LogP contribution in [0.2, 0.25) is 18.1 Å². The van der Waals surface area contributed by atoms with Gasteiger partial charge in [0.1, 0.15) is 0 Å². The Hall–Kier alpha value is -1.70. The third-order valence-corrected chi connectivity index (χ3v) is 13.1. The maximum absolute atomic E-state index is 12.9. The molecule has 7 heteroatoms. The Morgan fingerprint density at radius 1 is 1.19 bits per heavy atom. The standard InChI is InChI=1S/C25H36N4O2Si/c1-25(2,3)32(4,5)31-18-10-20(26-11-18)21-14-28-12-16(15-6-7-15)9-22(23(28)27-21)29-13-17-8-19(17)24(29)30/h9,12,14-15,17-20,26H,6-8,10-11,13H2,1-5H3/t17?,18-,19?,20-/m1/s1. The third kappa shape index (κ3) is 3.44. The lowest BCUT2D eigenvalue weighted by Gasteiger charge is -2.38. The first-order valence-corrected chi connectivity index (χ1v) is 15.3. The number of hydrogen-bond donors (Lipinski definition) is 1. The fraction of sp³-hybridized carbons (Fsp3) is 0.680. The van der Waals surface area contributed by atoms with Gasteiger partial charge in [-0.1, -0.05) is 20.8 Å². The van der Waals surface area contributed by atoms with Gasteiger partial charge in [-0.2, -0.15) is 0 Å². The van der Waals surface area contributed by atoms with Crippen molar-refractivity contribution in [1.29, 1.82) is 0 Å². The highest BCUT2D eigenvalue weighted by molar-refractivity contribution is 6.74. The van der Waals surface area contributed by atoms with Gasteiger partial charge in [0.25, 0.3) is 0 Å². The van der Waals surface area contributed by atoms with Crippen molar-refractivity contribution in [3.8, 4) is 0 Å². The summed E-state index contributed by atoms with van der Waals surface area (Å²) in [5.41, 5.74) is 4.36. The van der Waals surface area contributed by atoms with Gasteiger partial charge in [-0.15, -0.1) is 0 Å². The number of anilines is 1. The zero-order chi connectivity index (χ0) is 22.4. The largest absolute Gasteiger partial charge is 0.413 e. The number of hydrogen-bond acceptors (Lipinski definition) is 4. The van der Waals surface area contributed by atoms with Crippen LogP contribution in [0.3, 0.4) is 0 Å². The Labute approximate surface area is 191 Å². The van der Waals surface area contributed by atoms with E-state index in [0.717, 1.165) is 43.0 Å². The van der Waals surface area contributed by atoms with Crippen LogP contribution in [0.1, 0.15) is 69.7 Å². The Kier molecular flexibility index (Phi) is 4.50. The molecule has 1 amide bonds. The molecule has 4 atom stereocenters. The van der Waals surface area contributed by atoms with Crippen LogP contribution in [0.4, 0.5) is 5.69 Å². The third-order valence-electron chi connectivity index (χ3n) is 8.55. The molecule has 6 nitrogen and oxygen atoms in total. The minimum Gasteiger partial charge on any atom is -0.413 e. The van der Waals surface area contributed by atoms with E-state index in [1.807, 2.05) is 4.90 Å². The van der Waals surface area contributed by atoms with Gasteiger partial charge >= 0.3 is 0 Å². The quantitative estimate of drug-likeness (QED) is 0.673. The molecule has 2 aromatic heterocycles. The number of amides is 1. The second-order valence-electron chi connectivity index (χ2n) is 12.1. The van der Waals surface area contributed by atoms with Crippen molar-refractivity contribution in [3.63, 3.8) is 0 Å². The molecule has 4 aliphatic rings. The minimum atomic E-state index is -1.79. The number of nitrogens with zero attached hydrogens (tertiary/aromatic N) is 3. The molecule has 2 unspecified atom stereocenters. The number of aromatic nitrogens is 2. The summed E-state index contributed by atoms with van der Waals surface area (Å²) in [7, 11) is -1.79. The van der Waals surface area contributed by atoms with Gasteiger partial charge < -0.3 is 19.0 Å². The van der Waals surface area contributed by atoms with E-state index < -0.39 is 8.32 Å². The van der Waals surface area contributed by atoms with Gasteiger partial charge in [0.2, 0.25) is 5.91 Å². The van der Waals surface area contributed by atoms with E-state index >= 15 is 0 Å². The molecule has 2 aliphatic heterocycles. The predicted octanol–water partition coefficient (Wildman–Crippen LogP) is 4.62. The van der Waals surface area contributed by atoms with Crippen molar-refractivity contribution in [2.24, 2.45) is 11.8 Å². The lowest BCUT2D eigenvalue weighted by atomic mass is 10.1. The summed E-state index contributed by atoms with van der Waals surface area (Å²) >= 11 is 0. The average molecular weight is 453 g/mol. The molecule has 4 heterocycles. The number of piperidine rings is 1. The van der Waals surface area contributed by atoms with Crippen molar-refractivity contribution >= 4 is 25.6 Å². The SMILES string of the molecule is CC(C)(C)[Si](C)(C)O[C@H]1CN[C@@H](c2cn3cc(C4CC4)cc(N4CC5CC5C4=O)c3n2)C1. The molecule has 2 saturated heterocycles. The van der Waals surface area contributed by atoms with Gasteiger partial charge in [-0.05, 0) is 67.3 Å². The van der Waals surface area contributed by atoms with E-state index in [2.05, 4.69) is 62.0 Å². The molecule has 2 aliphatic carbocycles. The van der Waals surface area contributed by atoms with E-state index in [1.165, 1.54) is 18.4 Å². The second-order valence-corrected chi connectivity index (χ2v) is 16.8. The Balaban J connectivity index is 1.28. The zero-order valence-corrected chi connectivity index (χ0v) is 21.0. The first-order chi connectivity index (χ1) is 15.1. The molecule has 1 N–H and O–H groups in total. The van der Waals surface area contributed by atoms with Gasteiger partial charge in [0.15, 0.2) is 14.0 Å². The summed E-state index contributed by atoms with van der Waals surface area (Å²) in [6.07, 6.45) is 9.19. The van der Waals surface area contributed by atoms with Gasteiger partial charge in [-0.25, -0.2) is 4.98 Å². The van der Waals surface area contributed by atoms with Crippen molar-refractivity contribution in [2.45, 2.75) is 82.7 Å². The van der Waals surface area contributed by atoms with Crippen molar-refractivity contribution in [2.75, 3.05) is 18.0 Å². The normalized spacial score (nSPS) is 30.4. The minimum absolute atomic E-state index is 0.199. The van der Waals surface area contributed by atoms with Crippen LogP contribution >= 0.6 is 0 Å². The van der Waals surface area contributed by atoms with Crippen LogP contribution in [0, 0.1) is 11.8 Å². The van der Waals surface area contributed by atoms with Crippen LogP contribution in [0.5, 0.6) is 0 Å². The Morgan fingerprint density at radius 3 is 2.62 bits per heavy atom.